The Hall–Kier alpha value is -0.0800. The monoisotopic (exact) mass is 170 g/mol. The van der Waals surface area contributed by atoms with Crippen molar-refractivity contribution < 1.29 is 9.59 Å². The van der Waals surface area contributed by atoms with Crippen LogP contribution in [0.2, 0.25) is 0 Å². The number of hydrogen-bond acceptors (Lipinski definition) is 2. The lowest BCUT2D eigenvalue weighted by Gasteiger charge is -1.75. The molecule has 0 aliphatic rings. The Morgan fingerprint density at radius 3 is 1.78 bits per heavy atom. The standard InChI is InChI=1S/C3H5ClO.C2H3ClO/c1-3(4)2-5;3-1-2-4/h2-3H,1H3;2H,1H2. The molecule has 0 spiro atoms. The normalized spacial score (nSPS) is 10.6. The average molecular weight is 171 g/mol. The summed E-state index contributed by atoms with van der Waals surface area (Å²) in [6.45, 7) is 1.62. The van der Waals surface area contributed by atoms with E-state index in [4.69, 9.17) is 28.0 Å². The van der Waals surface area contributed by atoms with E-state index in [1.807, 2.05) is 0 Å². The fourth-order valence-corrected chi connectivity index (χ4v) is 0. The zero-order valence-electron chi connectivity index (χ0n) is 5.01. The van der Waals surface area contributed by atoms with Crippen LogP contribution < -0.4 is 0 Å². The van der Waals surface area contributed by atoms with Crippen LogP contribution in [0.4, 0.5) is 0 Å². The molecule has 0 N–H and O–H groups in total. The lowest BCUT2D eigenvalue weighted by Crippen LogP contribution is -1.86. The zero-order chi connectivity index (χ0) is 7.70. The molecule has 4 heteroatoms. The smallest absolute Gasteiger partial charge is 0.137 e. The summed E-state index contributed by atoms with van der Waals surface area (Å²) in [6, 6.07) is 0. The predicted molar refractivity (Wildman–Crippen MR) is 38.2 cm³/mol. The molecule has 0 aromatic heterocycles. The molecule has 0 rings (SSSR count). The highest BCUT2D eigenvalue weighted by Crippen LogP contribution is 1.82. The molecular formula is C5H8Cl2O2. The van der Waals surface area contributed by atoms with Gasteiger partial charge in [-0.25, -0.2) is 0 Å². The van der Waals surface area contributed by atoms with Crippen molar-refractivity contribution in [2.45, 2.75) is 12.3 Å². The summed E-state index contributed by atoms with van der Waals surface area (Å²) in [5.74, 6) is 0.111. The van der Waals surface area contributed by atoms with Gasteiger partial charge in [0.1, 0.15) is 12.6 Å². The van der Waals surface area contributed by atoms with Crippen LogP contribution in [0.5, 0.6) is 0 Å². The Morgan fingerprint density at radius 1 is 1.56 bits per heavy atom. The van der Waals surface area contributed by atoms with Crippen LogP contribution in [-0.4, -0.2) is 23.8 Å². The molecule has 0 aliphatic carbocycles. The van der Waals surface area contributed by atoms with E-state index in [1.54, 1.807) is 6.92 Å². The van der Waals surface area contributed by atoms with Crippen molar-refractivity contribution in [2.75, 3.05) is 5.88 Å². The Kier molecular flexibility index (Phi) is 14.0. The van der Waals surface area contributed by atoms with Crippen LogP contribution in [0.1, 0.15) is 6.92 Å². The fraction of sp³-hybridized carbons (Fsp3) is 0.600. The summed E-state index contributed by atoms with van der Waals surface area (Å²) in [7, 11) is 0. The van der Waals surface area contributed by atoms with Gasteiger partial charge in [-0.05, 0) is 6.92 Å². The van der Waals surface area contributed by atoms with Gasteiger partial charge in [0, 0.05) is 0 Å². The first-order chi connectivity index (χ1) is 4.18. The lowest BCUT2D eigenvalue weighted by atomic mass is 10.6. The van der Waals surface area contributed by atoms with E-state index in [0.29, 0.717) is 12.6 Å². The number of rotatable bonds is 2. The molecule has 0 aromatic carbocycles. The highest BCUT2D eigenvalue weighted by molar-refractivity contribution is 6.27. The van der Waals surface area contributed by atoms with Gasteiger partial charge in [0.15, 0.2) is 0 Å². The van der Waals surface area contributed by atoms with Gasteiger partial charge in [0.05, 0.1) is 11.3 Å². The van der Waals surface area contributed by atoms with Crippen LogP contribution in [0, 0.1) is 0 Å². The molecule has 0 fully saturated rings. The second-order valence-electron chi connectivity index (χ2n) is 1.13. The Labute approximate surface area is 64.1 Å². The topological polar surface area (TPSA) is 34.1 Å². The molecule has 0 heterocycles. The number of halogens is 2. The fourth-order valence-electron chi connectivity index (χ4n) is 0. The predicted octanol–water partition coefficient (Wildman–Crippen LogP) is 1.24. The van der Waals surface area contributed by atoms with E-state index in [2.05, 4.69) is 0 Å². The van der Waals surface area contributed by atoms with Gasteiger partial charge in [-0.15, -0.1) is 23.2 Å². The van der Waals surface area contributed by atoms with Gasteiger partial charge in [0.2, 0.25) is 0 Å². The van der Waals surface area contributed by atoms with E-state index < -0.39 is 0 Å². The molecule has 0 aliphatic heterocycles. The summed E-state index contributed by atoms with van der Waals surface area (Å²) in [6.07, 6.45) is 1.32. The maximum Gasteiger partial charge on any atom is 0.137 e. The maximum absolute atomic E-state index is 9.37. The first-order valence-electron chi connectivity index (χ1n) is 2.28. The van der Waals surface area contributed by atoms with Crippen LogP contribution in [0.25, 0.3) is 0 Å². The van der Waals surface area contributed by atoms with Gasteiger partial charge in [-0.3, -0.25) is 0 Å². The van der Waals surface area contributed by atoms with Gasteiger partial charge in [-0.2, -0.15) is 0 Å². The first-order valence-corrected chi connectivity index (χ1v) is 3.25. The SMILES string of the molecule is CC(Cl)C=O.O=CCCl. The quantitative estimate of drug-likeness (QED) is 0.462. The van der Waals surface area contributed by atoms with E-state index >= 15 is 0 Å². The molecule has 9 heavy (non-hydrogen) atoms. The molecule has 0 bridgehead atoms. The van der Waals surface area contributed by atoms with Crippen molar-refractivity contribution in [3.8, 4) is 0 Å². The summed E-state index contributed by atoms with van der Waals surface area (Å²) in [5.41, 5.74) is 0. The third-order valence-electron chi connectivity index (χ3n) is 0.251. The van der Waals surface area contributed by atoms with Gasteiger partial charge < -0.3 is 9.59 Å². The molecular weight excluding hydrogens is 163 g/mol. The summed E-state index contributed by atoms with van der Waals surface area (Å²) in [4.78, 5) is 18.4. The second-order valence-corrected chi connectivity index (χ2v) is 2.13. The minimum atomic E-state index is -0.324. The number of carbonyl (C=O) groups is 2. The molecule has 1 unspecified atom stereocenters. The van der Waals surface area contributed by atoms with Crippen LogP contribution >= 0.6 is 23.2 Å². The van der Waals surface area contributed by atoms with Crippen molar-refractivity contribution in [2.24, 2.45) is 0 Å². The summed E-state index contributed by atoms with van der Waals surface area (Å²) >= 11 is 9.91. The summed E-state index contributed by atoms with van der Waals surface area (Å²) in [5, 5.41) is -0.324. The van der Waals surface area contributed by atoms with E-state index in [9.17, 15) is 4.79 Å². The number of hydrogen-bond donors (Lipinski definition) is 0. The van der Waals surface area contributed by atoms with Crippen LogP contribution in [0.3, 0.4) is 0 Å². The van der Waals surface area contributed by atoms with Crippen molar-refractivity contribution in [3.63, 3.8) is 0 Å². The number of alkyl halides is 2. The third kappa shape index (κ3) is 32.6. The van der Waals surface area contributed by atoms with Crippen molar-refractivity contribution in [3.05, 3.63) is 0 Å². The Bertz CT molecular complexity index is 73.4. The average Bonchev–Trinajstić information content (AvgIpc) is 1.89. The first kappa shape index (κ1) is 11.7. The van der Waals surface area contributed by atoms with Crippen LogP contribution in [-0.2, 0) is 9.59 Å². The Balaban J connectivity index is 0. The number of aldehydes is 2. The molecule has 54 valence electrons. The molecule has 0 radical (unpaired) electrons. The maximum atomic E-state index is 9.37. The molecule has 2 nitrogen and oxygen atoms in total. The van der Waals surface area contributed by atoms with E-state index in [1.165, 1.54) is 0 Å². The lowest BCUT2D eigenvalue weighted by molar-refractivity contribution is -0.107. The van der Waals surface area contributed by atoms with Crippen LogP contribution in [0.15, 0.2) is 0 Å². The minimum absolute atomic E-state index is 0.111. The molecule has 0 aromatic rings. The van der Waals surface area contributed by atoms with Crippen molar-refractivity contribution in [1.82, 2.24) is 0 Å². The third-order valence-corrected chi connectivity index (χ3v) is 0.479. The molecule has 0 amide bonds. The largest absolute Gasteiger partial charge is 0.302 e. The second kappa shape index (κ2) is 10.8. The van der Waals surface area contributed by atoms with Crippen molar-refractivity contribution in [1.29, 1.82) is 0 Å². The highest BCUT2D eigenvalue weighted by atomic mass is 35.5. The van der Waals surface area contributed by atoms with E-state index in [-0.39, 0.29) is 11.3 Å². The zero-order valence-corrected chi connectivity index (χ0v) is 6.52. The highest BCUT2D eigenvalue weighted by Gasteiger charge is 1.83. The molecule has 0 saturated carbocycles. The van der Waals surface area contributed by atoms with Gasteiger partial charge in [-0.1, -0.05) is 0 Å². The van der Waals surface area contributed by atoms with E-state index in [0.717, 1.165) is 0 Å². The molecule has 0 saturated heterocycles. The van der Waals surface area contributed by atoms with Gasteiger partial charge >= 0.3 is 0 Å². The Morgan fingerprint density at radius 2 is 1.78 bits per heavy atom. The van der Waals surface area contributed by atoms with Crippen molar-refractivity contribution >= 4 is 35.8 Å². The number of carbonyl (C=O) groups excluding carboxylic acids is 2. The molecule has 1 atom stereocenters. The van der Waals surface area contributed by atoms with Gasteiger partial charge in [0.25, 0.3) is 0 Å². The minimum Gasteiger partial charge on any atom is -0.302 e. The summed E-state index contributed by atoms with van der Waals surface area (Å²) < 4.78 is 0.